The highest BCUT2D eigenvalue weighted by Crippen LogP contribution is 2.18. The Bertz CT molecular complexity index is 1070. The second kappa shape index (κ2) is 9.69. The van der Waals surface area contributed by atoms with Crippen LogP contribution in [0.15, 0.2) is 66.7 Å². The van der Waals surface area contributed by atoms with Crippen LogP contribution in [0.25, 0.3) is 0 Å². The molecule has 4 nitrogen and oxygen atoms in total. The molecule has 0 aliphatic carbocycles. The molecule has 0 saturated heterocycles. The molecular weight excluding hydrogens is 433 g/mol. The SMILES string of the molecule is O=C(CN(Cc1ccc(F)cc1F)C(=O)c1ccc(Cl)cc1)Nc1cccc(Cl)c1. The third-order valence-electron chi connectivity index (χ3n) is 4.20. The Balaban J connectivity index is 1.83. The standard InChI is InChI=1S/C22H16Cl2F2N2O2/c23-16-7-4-14(5-8-16)22(30)28(12-15-6-9-18(25)11-20(15)26)13-21(29)27-19-3-1-2-17(24)10-19/h1-11H,12-13H2,(H,27,29). The fraction of sp³-hybridized carbons (Fsp3) is 0.0909. The van der Waals surface area contributed by atoms with E-state index in [0.29, 0.717) is 15.7 Å². The molecule has 8 heteroatoms. The highest BCUT2D eigenvalue weighted by atomic mass is 35.5. The summed E-state index contributed by atoms with van der Waals surface area (Å²) < 4.78 is 27.4. The monoisotopic (exact) mass is 448 g/mol. The second-order valence-corrected chi connectivity index (χ2v) is 7.34. The first-order valence-electron chi connectivity index (χ1n) is 8.86. The van der Waals surface area contributed by atoms with Gasteiger partial charge in [0.15, 0.2) is 0 Å². The molecule has 0 heterocycles. The summed E-state index contributed by atoms with van der Waals surface area (Å²) >= 11 is 11.8. The first-order valence-corrected chi connectivity index (χ1v) is 9.61. The fourth-order valence-electron chi connectivity index (χ4n) is 2.77. The molecule has 154 valence electrons. The van der Waals surface area contributed by atoms with E-state index in [1.54, 1.807) is 24.3 Å². The van der Waals surface area contributed by atoms with Gasteiger partial charge in [-0.1, -0.05) is 35.3 Å². The van der Waals surface area contributed by atoms with Crippen molar-refractivity contribution in [3.8, 4) is 0 Å². The van der Waals surface area contributed by atoms with E-state index in [9.17, 15) is 18.4 Å². The minimum absolute atomic E-state index is 0.0780. The van der Waals surface area contributed by atoms with E-state index < -0.39 is 23.4 Å². The second-order valence-electron chi connectivity index (χ2n) is 6.46. The van der Waals surface area contributed by atoms with Crippen LogP contribution in [-0.2, 0) is 11.3 Å². The normalized spacial score (nSPS) is 10.5. The molecule has 3 aromatic rings. The van der Waals surface area contributed by atoms with Crippen LogP contribution in [0.3, 0.4) is 0 Å². The lowest BCUT2D eigenvalue weighted by Gasteiger charge is -2.23. The molecule has 0 spiro atoms. The summed E-state index contributed by atoms with van der Waals surface area (Å²) in [5.74, 6) is -2.54. The molecule has 0 fully saturated rings. The first-order chi connectivity index (χ1) is 14.3. The zero-order chi connectivity index (χ0) is 21.7. The number of nitrogens with zero attached hydrogens (tertiary/aromatic N) is 1. The van der Waals surface area contributed by atoms with E-state index in [1.165, 1.54) is 35.2 Å². The first kappa shape index (κ1) is 21.7. The van der Waals surface area contributed by atoms with Crippen molar-refractivity contribution in [3.63, 3.8) is 0 Å². The van der Waals surface area contributed by atoms with Gasteiger partial charge in [-0.25, -0.2) is 8.78 Å². The van der Waals surface area contributed by atoms with Gasteiger partial charge < -0.3 is 10.2 Å². The Morgan fingerprint density at radius 3 is 2.30 bits per heavy atom. The smallest absolute Gasteiger partial charge is 0.254 e. The van der Waals surface area contributed by atoms with E-state index in [1.807, 2.05) is 0 Å². The van der Waals surface area contributed by atoms with E-state index >= 15 is 0 Å². The predicted molar refractivity (Wildman–Crippen MR) is 113 cm³/mol. The Morgan fingerprint density at radius 1 is 0.900 bits per heavy atom. The number of anilines is 1. The highest BCUT2D eigenvalue weighted by molar-refractivity contribution is 6.31. The molecule has 0 aromatic heterocycles. The van der Waals surface area contributed by atoms with Crippen LogP contribution in [0.4, 0.5) is 14.5 Å². The number of carbonyl (C=O) groups excluding carboxylic acids is 2. The number of amides is 2. The zero-order valence-corrected chi connectivity index (χ0v) is 17.1. The van der Waals surface area contributed by atoms with Crippen LogP contribution in [0, 0.1) is 11.6 Å². The summed E-state index contributed by atoms with van der Waals surface area (Å²) in [6.07, 6.45) is 0. The van der Waals surface area contributed by atoms with E-state index in [4.69, 9.17) is 23.2 Å². The summed E-state index contributed by atoms with van der Waals surface area (Å²) in [4.78, 5) is 26.7. The van der Waals surface area contributed by atoms with Gasteiger partial charge in [0.05, 0.1) is 0 Å². The molecule has 0 bridgehead atoms. The van der Waals surface area contributed by atoms with Crippen molar-refractivity contribution in [2.24, 2.45) is 0 Å². The molecule has 0 radical (unpaired) electrons. The Hall–Kier alpha value is -2.96. The zero-order valence-electron chi connectivity index (χ0n) is 15.5. The number of benzene rings is 3. The minimum Gasteiger partial charge on any atom is -0.325 e. The summed E-state index contributed by atoms with van der Waals surface area (Å²) in [6.45, 7) is -0.582. The van der Waals surface area contributed by atoms with Gasteiger partial charge in [0.25, 0.3) is 5.91 Å². The lowest BCUT2D eigenvalue weighted by Crippen LogP contribution is -2.37. The maximum absolute atomic E-state index is 14.1. The lowest BCUT2D eigenvalue weighted by molar-refractivity contribution is -0.117. The number of rotatable bonds is 6. The Kier molecular flexibility index (Phi) is 7.03. The minimum atomic E-state index is -0.806. The van der Waals surface area contributed by atoms with Gasteiger partial charge >= 0.3 is 0 Å². The average molecular weight is 449 g/mol. The molecule has 0 saturated carbocycles. The quantitative estimate of drug-likeness (QED) is 0.537. The lowest BCUT2D eigenvalue weighted by atomic mass is 10.1. The third kappa shape index (κ3) is 5.78. The van der Waals surface area contributed by atoms with Crippen LogP contribution in [0.2, 0.25) is 10.0 Å². The van der Waals surface area contributed by atoms with E-state index in [2.05, 4.69) is 5.32 Å². The molecule has 3 aromatic carbocycles. The van der Waals surface area contributed by atoms with Crippen LogP contribution in [0.5, 0.6) is 0 Å². The van der Waals surface area contributed by atoms with Gasteiger partial charge in [0.1, 0.15) is 18.2 Å². The molecular formula is C22H16Cl2F2N2O2. The number of nitrogens with one attached hydrogen (secondary N) is 1. The Morgan fingerprint density at radius 2 is 1.63 bits per heavy atom. The summed E-state index contributed by atoms with van der Waals surface area (Å²) in [7, 11) is 0. The molecule has 0 atom stereocenters. The van der Waals surface area contributed by atoms with Crippen molar-refractivity contribution >= 4 is 40.7 Å². The molecule has 2 amide bonds. The third-order valence-corrected chi connectivity index (χ3v) is 4.68. The van der Waals surface area contributed by atoms with E-state index in [-0.39, 0.29) is 24.2 Å². The van der Waals surface area contributed by atoms with Gasteiger partial charge in [-0.05, 0) is 48.5 Å². The number of hydrogen-bond donors (Lipinski definition) is 1. The van der Waals surface area contributed by atoms with Gasteiger partial charge in [-0.2, -0.15) is 0 Å². The topological polar surface area (TPSA) is 49.4 Å². The van der Waals surface area contributed by atoms with Crippen molar-refractivity contribution in [3.05, 3.63) is 99.5 Å². The molecule has 0 unspecified atom stereocenters. The summed E-state index contributed by atoms with van der Waals surface area (Å²) in [5, 5.41) is 3.53. The maximum atomic E-state index is 14.1. The van der Waals surface area contributed by atoms with Gasteiger partial charge in [-0.15, -0.1) is 0 Å². The highest BCUT2D eigenvalue weighted by Gasteiger charge is 2.21. The van der Waals surface area contributed by atoms with Crippen molar-refractivity contribution in [2.75, 3.05) is 11.9 Å². The summed E-state index contributed by atoms with van der Waals surface area (Å²) in [6, 6.07) is 15.7. The van der Waals surface area contributed by atoms with Crippen molar-refractivity contribution in [2.45, 2.75) is 6.54 Å². The number of halogens is 4. The number of carbonyl (C=O) groups is 2. The average Bonchev–Trinajstić information content (AvgIpc) is 2.69. The van der Waals surface area contributed by atoms with Crippen LogP contribution < -0.4 is 5.32 Å². The van der Waals surface area contributed by atoms with Crippen molar-refractivity contribution in [1.29, 1.82) is 0 Å². The molecule has 3 rings (SSSR count). The fourth-order valence-corrected chi connectivity index (χ4v) is 3.09. The largest absolute Gasteiger partial charge is 0.325 e. The molecule has 0 aliphatic heterocycles. The van der Waals surface area contributed by atoms with Crippen LogP contribution >= 0.6 is 23.2 Å². The molecule has 30 heavy (non-hydrogen) atoms. The predicted octanol–water partition coefficient (Wildman–Crippen LogP) is 5.55. The van der Waals surface area contributed by atoms with Gasteiger partial charge in [0.2, 0.25) is 5.91 Å². The maximum Gasteiger partial charge on any atom is 0.254 e. The summed E-state index contributed by atoms with van der Waals surface area (Å²) in [5.41, 5.74) is 0.811. The molecule has 1 N–H and O–H groups in total. The van der Waals surface area contributed by atoms with Crippen LogP contribution in [-0.4, -0.2) is 23.3 Å². The van der Waals surface area contributed by atoms with E-state index in [0.717, 1.165) is 12.1 Å². The van der Waals surface area contributed by atoms with Gasteiger partial charge in [-0.3, -0.25) is 9.59 Å². The van der Waals surface area contributed by atoms with Gasteiger partial charge in [0, 0.05) is 39.5 Å². The van der Waals surface area contributed by atoms with Crippen molar-refractivity contribution < 1.29 is 18.4 Å². The van der Waals surface area contributed by atoms with Crippen LogP contribution in [0.1, 0.15) is 15.9 Å². The molecule has 0 aliphatic rings. The number of hydrogen-bond acceptors (Lipinski definition) is 2. The van der Waals surface area contributed by atoms with Crippen molar-refractivity contribution in [1.82, 2.24) is 4.90 Å². The Labute approximate surface area is 182 Å².